The van der Waals surface area contributed by atoms with Crippen LogP contribution in [0.1, 0.15) is 52.9 Å². The Morgan fingerprint density at radius 3 is 2.43 bits per heavy atom. The fourth-order valence-electron chi connectivity index (χ4n) is 3.48. The van der Waals surface area contributed by atoms with Crippen LogP contribution in [-0.2, 0) is 9.59 Å². The summed E-state index contributed by atoms with van der Waals surface area (Å²) in [5, 5.41) is 2.71. The highest BCUT2D eigenvalue weighted by Gasteiger charge is 2.54. The lowest BCUT2D eigenvalue weighted by molar-refractivity contribution is -0.153. The lowest BCUT2D eigenvalue weighted by Gasteiger charge is -2.42. The molecule has 2 rings (SSSR count). The SMILES string of the molecule is CCSC1CCCC1N1C(=O)NC(=O)C(CC)(CC)C1=O. The average Bonchev–Trinajstić information content (AvgIpc) is 2.89. The van der Waals surface area contributed by atoms with E-state index < -0.39 is 17.4 Å². The highest BCUT2D eigenvalue weighted by molar-refractivity contribution is 7.99. The summed E-state index contributed by atoms with van der Waals surface area (Å²) in [5.41, 5.74) is -1.07. The topological polar surface area (TPSA) is 66.5 Å². The van der Waals surface area contributed by atoms with Gasteiger partial charge in [0.2, 0.25) is 11.8 Å². The smallest absolute Gasteiger partial charge is 0.277 e. The molecule has 1 heterocycles. The molecule has 21 heavy (non-hydrogen) atoms. The van der Waals surface area contributed by atoms with Gasteiger partial charge in [0.1, 0.15) is 5.41 Å². The van der Waals surface area contributed by atoms with Crippen LogP contribution in [0.15, 0.2) is 0 Å². The van der Waals surface area contributed by atoms with Crippen molar-refractivity contribution in [2.45, 2.75) is 64.2 Å². The van der Waals surface area contributed by atoms with Crippen LogP contribution in [0.4, 0.5) is 4.79 Å². The first kappa shape index (κ1) is 16.3. The van der Waals surface area contributed by atoms with Gasteiger partial charge in [-0.05, 0) is 31.4 Å². The Hall–Kier alpha value is -1.04. The van der Waals surface area contributed by atoms with Gasteiger partial charge in [-0.1, -0.05) is 27.2 Å². The fourth-order valence-corrected chi connectivity index (χ4v) is 4.72. The first-order valence-electron chi connectivity index (χ1n) is 7.82. The summed E-state index contributed by atoms with van der Waals surface area (Å²) in [5.74, 6) is 0.238. The Morgan fingerprint density at radius 1 is 1.19 bits per heavy atom. The van der Waals surface area contributed by atoms with E-state index in [1.54, 1.807) is 11.8 Å². The van der Waals surface area contributed by atoms with Gasteiger partial charge in [0.05, 0.1) is 6.04 Å². The summed E-state index contributed by atoms with van der Waals surface area (Å²) < 4.78 is 0. The maximum atomic E-state index is 12.9. The van der Waals surface area contributed by atoms with Crippen LogP contribution < -0.4 is 5.32 Å². The number of imide groups is 2. The number of barbiturate groups is 1. The van der Waals surface area contributed by atoms with Gasteiger partial charge in [-0.2, -0.15) is 11.8 Å². The predicted molar refractivity (Wildman–Crippen MR) is 83.0 cm³/mol. The molecule has 1 N–H and O–H groups in total. The number of rotatable bonds is 5. The second kappa shape index (κ2) is 6.38. The van der Waals surface area contributed by atoms with Crippen molar-refractivity contribution in [2.24, 2.45) is 5.41 Å². The Bertz CT molecular complexity index is 448. The molecule has 2 fully saturated rings. The molecule has 1 aliphatic carbocycles. The van der Waals surface area contributed by atoms with Crippen molar-refractivity contribution < 1.29 is 14.4 Å². The summed E-state index contributed by atoms with van der Waals surface area (Å²) in [6.07, 6.45) is 3.75. The summed E-state index contributed by atoms with van der Waals surface area (Å²) in [7, 11) is 0. The molecule has 2 aliphatic rings. The van der Waals surface area contributed by atoms with E-state index >= 15 is 0 Å². The molecule has 6 heteroatoms. The summed E-state index contributed by atoms with van der Waals surface area (Å²) in [4.78, 5) is 38.7. The number of carbonyl (C=O) groups is 3. The van der Waals surface area contributed by atoms with Gasteiger partial charge in [-0.15, -0.1) is 0 Å². The van der Waals surface area contributed by atoms with E-state index in [4.69, 9.17) is 0 Å². The number of urea groups is 1. The lowest BCUT2D eigenvalue weighted by atomic mass is 9.78. The second-order valence-corrected chi connectivity index (χ2v) is 7.23. The molecule has 1 aliphatic heterocycles. The quantitative estimate of drug-likeness (QED) is 0.792. The Morgan fingerprint density at radius 2 is 1.86 bits per heavy atom. The molecule has 0 aromatic carbocycles. The molecule has 0 aromatic rings. The van der Waals surface area contributed by atoms with E-state index in [-0.39, 0.29) is 11.9 Å². The maximum Gasteiger partial charge on any atom is 0.331 e. The minimum atomic E-state index is -1.07. The standard InChI is InChI=1S/C15H24N2O3S/c1-4-15(5-2)12(18)16-14(20)17(13(15)19)10-8-7-9-11(10)21-6-3/h10-11H,4-9H2,1-3H3,(H,16,18,20). The normalized spacial score (nSPS) is 28.9. The van der Waals surface area contributed by atoms with Crippen molar-refractivity contribution in [3.63, 3.8) is 0 Å². The zero-order chi connectivity index (χ0) is 15.6. The molecule has 0 bridgehead atoms. The van der Waals surface area contributed by atoms with E-state index in [2.05, 4.69) is 12.2 Å². The molecule has 2 atom stereocenters. The Labute approximate surface area is 130 Å². The molecule has 0 spiro atoms. The Kier molecular flexibility index (Phi) is 4.96. The molecule has 1 saturated heterocycles. The molecule has 118 valence electrons. The first-order valence-corrected chi connectivity index (χ1v) is 8.87. The molecule has 0 aromatic heterocycles. The van der Waals surface area contributed by atoms with E-state index in [1.807, 2.05) is 13.8 Å². The molecule has 5 nitrogen and oxygen atoms in total. The summed E-state index contributed by atoms with van der Waals surface area (Å²) in [6.45, 7) is 5.76. The largest absolute Gasteiger partial charge is 0.331 e. The zero-order valence-electron chi connectivity index (χ0n) is 13.0. The minimum absolute atomic E-state index is 0.0759. The van der Waals surface area contributed by atoms with Gasteiger partial charge >= 0.3 is 6.03 Å². The van der Waals surface area contributed by atoms with Crippen molar-refractivity contribution >= 4 is 29.6 Å². The molecule has 2 unspecified atom stereocenters. The monoisotopic (exact) mass is 312 g/mol. The van der Waals surface area contributed by atoms with Crippen LogP contribution in [0.3, 0.4) is 0 Å². The number of nitrogens with one attached hydrogen (secondary N) is 1. The third-order valence-corrected chi connectivity index (χ3v) is 6.15. The van der Waals surface area contributed by atoms with Crippen LogP contribution in [0, 0.1) is 5.41 Å². The highest BCUT2D eigenvalue weighted by Crippen LogP contribution is 2.39. The third kappa shape index (κ3) is 2.58. The van der Waals surface area contributed by atoms with Gasteiger partial charge in [-0.25, -0.2) is 4.79 Å². The van der Waals surface area contributed by atoms with E-state index in [0.717, 1.165) is 25.0 Å². The Balaban J connectivity index is 2.31. The fraction of sp³-hybridized carbons (Fsp3) is 0.800. The van der Waals surface area contributed by atoms with Crippen LogP contribution in [0.25, 0.3) is 0 Å². The highest BCUT2D eigenvalue weighted by atomic mass is 32.2. The molecule has 0 radical (unpaired) electrons. The van der Waals surface area contributed by atoms with Crippen LogP contribution >= 0.6 is 11.8 Å². The summed E-state index contributed by atoms with van der Waals surface area (Å²) in [6, 6.07) is -0.607. The van der Waals surface area contributed by atoms with E-state index in [0.29, 0.717) is 18.1 Å². The van der Waals surface area contributed by atoms with Gasteiger partial charge in [0, 0.05) is 5.25 Å². The van der Waals surface area contributed by atoms with Crippen molar-refractivity contribution in [1.82, 2.24) is 10.2 Å². The second-order valence-electron chi connectivity index (χ2n) is 5.72. The predicted octanol–water partition coefficient (Wildman–Crippen LogP) is 2.55. The van der Waals surface area contributed by atoms with Crippen LogP contribution in [0.2, 0.25) is 0 Å². The number of hydrogen-bond donors (Lipinski definition) is 1. The lowest BCUT2D eigenvalue weighted by Crippen LogP contribution is -2.66. The number of carbonyl (C=O) groups excluding carboxylic acids is 3. The molecule has 4 amide bonds. The van der Waals surface area contributed by atoms with Crippen LogP contribution in [0.5, 0.6) is 0 Å². The van der Waals surface area contributed by atoms with Crippen molar-refractivity contribution in [3.05, 3.63) is 0 Å². The van der Waals surface area contributed by atoms with Gasteiger partial charge in [-0.3, -0.25) is 19.8 Å². The van der Waals surface area contributed by atoms with Crippen LogP contribution in [-0.4, -0.2) is 39.8 Å². The number of hydrogen-bond acceptors (Lipinski definition) is 4. The average molecular weight is 312 g/mol. The number of nitrogens with zero attached hydrogens (tertiary/aromatic N) is 1. The molecular formula is C15H24N2O3S. The van der Waals surface area contributed by atoms with Crippen molar-refractivity contribution in [3.8, 4) is 0 Å². The number of amides is 4. The van der Waals surface area contributed by atoms with Gasteiger partial charge in [0.25, 0.3) is 0 Å². The first-order chi connectivity index (χ1) is 10.0. The molecular weight excluding hydrogens is 288 g/mol. The summed E-state index contributed by atoms with van der Waals surface area (Å²) >= 11 is 1.80. The van der Waals surface area contributed by atoms with Gasteiger partial charge in [0.15, 0.2) is 0 Å². The van der Waals surface area contributed by atoms with E-state index in [9.17, 15) is 14.4 Å². The van der Waals surface area contributed by atoms with Crippen molar-refractivity contribution in [2.75, 3.05) is 5.75 Å². The van der Waals surface area contributed by atoms with Crippen molar-refractivity contribution in [1.29, 1.82) is 0 Å². The third-order valence-electron chi connectivity index (χ3n) is 4.84. The van der Waals surface area contributed by atoms with Gasteiger partial charge < -0.3 is 0 Å². The zero-order valence-corrected chi connectivity index (χ0v) is 13.8. The minimum Gasteiger partial charge on any atom is -0.277 e. The number of thioether (sulfide) groups is 1. The van der Waals surface area contributed by atoms with E-state index in [1.165, 1.54) is 4.90 Å². The molecule has 1 saturated carbocycles. The maximum absolute atomic E-state index is 12.9.